The van der Waals surface area contributed by atoms with Gasteiger partial charge in [-0.3, -0.25) is 0 Å². The number of pyridine rings is 1. The second-order valence-electron chi connectivity index (χ2n) is 2.51. The Kier molecular flexibility index (Phi) is 2.42. The summed E-state index contributed by atoms with van der Waals surface area (Å²) in [5.41, 5.74) is 5.06. The fourth-order valence-corrected chi connectivity index (χ4v) is 1.01. The molecule has 13 heavy (non-hydrogen) atoms. The highest BCUT2D eigenvalue weighted by atomic mass is 19.3. The summed E-state index contributed by atoms with van der Waals surface area (Å²) in [6.45, 7) is 1.42. The highest BCUT2D eigenvalue weighted by Crippen LogP contribution is 2.27. The molecule has 2 N–H and O–H groups in total. The minimum atomic E-state index is -2.69. The molecule has 0 aliphatic carbocycles. The molecule has 1 rings (SSSR count). The van der Waals surface area contributed by atoms with Gasteiger partial charge in [0, 0.05) is 17.3 Å². The average molecular weight is 183 g/mol. The molecule has 0 aliphatic rings. The molecule has 5 heteroatoms. The zero-order valence-corrected chi connectivity index (χ0v) is 6.88. The van der Waals surface area contributed by atoms with Crippen LogP contribution >= 0.6 is 0 Å². The molecule has 0 saturated carbocycles. The van der Waals surface area contributed by atoms with Gasteiger partial charge in [-0.15, -0.1) is 0 Å². The number of nitrogens with zero attached hydrogens (tertiary/aromatic N) is 2. The molecule has 0 unspecified atom stereocenters. The standard InChI is InChI=1S/C8H7F2N3/c1-4-6(7(9)10)5(2-11)3-13-8(4)12/h3,7H,1H3,(H2,12,13). The van der Waals surface area contributed by atoms with Crippen molar-refractivity contribution >= 4 is 5.82 Å². The van der Waals surface area contributed by atoms with Gasteiger partial charge in [-0.1, -0.05) is 0 Å². The zero-order valence-electron chi connectivity index (χ0n) is 6.88. The van der Waals surface area contributed by atoms with Crippen LogP contribution in [0.3, 0.4) is 0 Å². The topological polar surface area (TPSA) is 62.7 Å². The quantitative estimate of drug-likeness (QED) is 0.721. The Labute approximate surface area is 73.8 Å². The maximum Gasteiger partial charge on any atom is 0.265 e. The van der Waals surface area contributed by atoms with Crippen molar-refractivity contribution < 1.29 is 8.78 Å². The number of hydrogen-bond donors (Lipinski definition) is 1. The number of nitrogens with two attached hydrogens (primary N) is 1. The summed E-state index contributed by atoms with van der Waals surface area (Å²) in [6.07, 6.45) is -1.64. The molecule has 1 aromatic rings. The van der Waals surface area contributed by atoms with Gasteiger partial charge in [0.15, 0.2) is 0 Å². The predicted octanol–water partition coefficient (Wildman–Crippen LogP) is 1.78. The van der Waals surface area contributed by atoms with Crippen LogP contribution in [0.25, 0.3) is 0 Å². The Hall–Kier alpha value is -1.70. The summed E-state index contributed by atoms with van der Waals surface area (Å²) >= 11 is 0. The molecular formula is C8H7F2N3. The molecule has 68 valence electrons. The van der Waals surface area contributed by atoms with Gasteiger partial charge >= 0.3 is 0 Å². The summed E-state index contributed by atoms with van der Waals surface area (Å²) in [5, 5.41) is 8.52. The van der Waals surface area contributed by atoms with Crippen molar-refractivity contribution in [1.29, 1.82) is 5.26 Å². The van der Waals surface area contributed by atoms with E-state index in [0.717, 1.165) is 6.20 Å². The summed E-state index contributed by atoms with van der Waals surface area (Å²) in [5.74, 6) is 0.0364. The van der Waals surface area contributed by atoms with E-state index >= 15 is 0 Å². The first-order chi connectivity index (χ1) is 6.07. The minimum absolute atomic E-state index is 0.0364. The lowest BCUT2D eigenvalue weighted by Gasteiger charge is -2.07. The van der Waals surface area contributed by atoms with E-state index in [-0.39, 0.29) is 22.5 Å². The van der Waals surface area contributed by atoms with Crippen LogP contribution in [-0.2, 0) is 0 Å². The van der Waals surface area contributed by atoms with E-state index in [9.17, 15) is 8.78 Å². The third-order valence-electron chi connectivity index (χ3n) is 1.75. The number of rotatable bonds is 1. The van der Waals surface area contributed by atoms with E-state index in [1.54, 1.807) is 6.07 Å². The SMILES string of the molecule is Cc1c(N)ncc(C#N)c1C(F)F. The lowest BCUT2D eigenvalue weighted by atomic mass is 10.1. The third-order valence-corrected chi connectivity index (χ3v) is 1.75. The van der Waals surface area contributed by atoms with E-state index in [1.807, 2.05) is 0 Å². The Morgan fingerprint density at radius 1 is 1.62 bits per heavy atom. The van der Waals surface area contributed by atoms with E-state index in [1.165, 1.54) is 6.92 Å². The number of nitrogen functional groups attached to an aromatic ring is 1. The van der Waals surface area contributed by atoms with Crippen LogP contribution < -0.4 is 5.73 Å². The summed E-state index contributed by atoms with van der Waals surface area (Å²) < 4.78 is 24.8. The molecule has 3 nitrogen and oxygen atoms in total. The Bertz CT molecular complexity index is 368. The molecule has 0 radical (unpaired) electrons. The van der Waals surface area contributed by atoms with Crippen molar-refractivity contribution in [2.45, 2.75) is 13.3 Å². The first-order valence-corrected chi connectivity index (χ1v) is 3.51. The van der Waals surface area contributed by atoms with Crippen molar-refractivity contribution in [1.82, 2.24) is 4.98 Å². The summed E-state index contributed by atoms with van der Waals surface area (Å²) in [7, 11) is 0. The van der Waals surface area contributed by atoms with Crippen LogP contribution in [0.2, 0.25) is 0 Å². The predicted molar refractivity (Wildman–Crippen MR) is 43.1 cm³/mol. The molecule has 0 spiro atoms. The molecule has 1 heterocycles. The van der Waals surface area contributed by atoms with Gasteiger partial charge in [0.1, 0.15) is 11.9 Å². The molecule has 0 aromatic carbocycles. The summed E-state index contributed by atoms with van der Waals surface area (Å²) in [6, 6.07) is 1.65. The molecular weight excluding hydrogens is 176 g/mol. The van der Waals surface area contributed by atoms with Crippen molar-refractivity contribution in [3.63, 3.8) is 0 Å². The van der Waals surface area contributed by atoms with Crippen LogP contribution in [0.1, 0.15) is 23.1 Å². The number of aromatic nitrogens is 1. The van der Waals surface area contributed by atoms with Crippen LogP contribution in [0.5, 0.6) is 0 Å². The number of nitriles is 1. The van der Waals surface area contributed by atoms with Gasteiger partial charge in [-0.25, -0.2) is 13.8 Å². The molecule has 0 amide bonds. The van der Waals surface area contributed by atoms with Gasteiger partial charge in [-0.2, -0.15) is 5.26 Å². The first-order valence-electron chi connectivity index (χ1n) is 3.51. The monoisotopic (exact) mass is 183 g/mol. The fraction of sp³-hybridized carbons (Fsp3) is 0.250. The molecule has 0 fully saturated rings. The van der Waals surface area contributed by atoms with Crippen LogP contribution in [0.15, 0.2) is 6.20 Å². The number of hydrogen-bond acceptors (Lipinski definition) is 3. The zero-order chi connectivity index (χ0) is 10.0. The van der Waals surface area contributed by atoms with Gasteiger partial charge in [-0.05, 0) is 6.92 Å². The minimum Gasteiger partial charge on any atom is -0.383 e. The largest absolute Gasteiger partial charge is 0.383 e. The molecule has 0 bridgehead atoms. The maximum atomic E-state index is 12.4. The molecule has 0 aliphatic heterocycles. The van der Waals surface area contributed by atoms with E-state index < -0.39 is 6.43 Å². The van der Waals surface area contributed by atoms with Gasteiger partial charge < -0.3 is 5.73 Å². The van der Waals surface area contributed by atoms with Gasteiger partial charge in [0.25, 0.3) is 6.43 Å². The normalized spacial score (nSPS) is 10.1. The van der Waals surface area contributed by atoms with Crippen molar-refractivity contribution in [3.8, 4) is 6.07 Å². The lowest BCUT2D eigenvalue weighted by Crippen LogP contribution is -2.02. The van der Waals surface area contributed by atoms with E-state index in [4.69, 9.17) is 11.0 Å². The number of anilines is 1. The Morgan fingerprint density at radius 3 is 2.69 bits per heavy atom. The highest BCUT2D eigenvalue weighted by molar-refractivity contribution is 5.51. The van der Waals surface area contributed by atoms with E-state index in [0.29, 0.717) is 0 Å². The second-order valence-corrected chi connectivity index (χ2v) is 2.51. The Morgan fingerprint density at radius 2 is 2.23 bits per heavy atom. The smallest absolute Gasteiger partial charge is 0.265 e. The second kappa shape index (κ2) is 3.35. The molecule has 1 aromatic heterocycles. The van der Waals surface area contributed by atoms with Crippen molar-refractivity contribution in [2.75, 3.05) is 5.73 Å². The number of alkyl halides is 2. The van der Waals surface area contributed by atoms with Crippen LogP contribution in [0.4, 0.5) is 14.6 Å². The van der Waals surface area contributed by atoms with Gasteiger partial charge in [0.2, 0.25) is 0 Å². The maximum absolute atomic E-state index is 12.4. The first kappa shape index (κ1) is 9.39. The molecule has 0 atom stereocenters. The molecule has 0 saturated heterocycles. The van der Waals surface area contributed by atoms with Crippen LogP contribution in [0, 0.1) is 18.3 Å². The van der Waals surface area contributed by atoms with Crippen LogP contribution in [-0.4, -0.2) is 4.98 Å². The Balaban J connectivity index is 3.43. The lowest BCUT2D eigenvalue weighted by molar-refractivity contribution is 0.150. The van der Waals surface area contributed by atoms with Gasteiger partial charge in [0.05, 0.1) is 5.56 Å². The fourth-order valence-electron chi connectivity index (χ4n) is 1.01. The van der Waals surface area contributed by atoms with Crippen molar-refractivity contribution in [2.24, 2.45) is 0 Å². The average Bonchev–Trinajstić information content (AvgIpc) is 2.08. The number of halogens is 2. The highest BCUT2D eigenvalue weighted by Gasteiger charge is 2.17. The summed E-state index contributed by atoms with van der Waals surface area (Å²) in [4.78, 5) is 3.61. The van der Waals surface area contributed by atoms with E-state index in [2.05, 4.69) is 4.98 Å². The third kappa shape index (κ3) is 1.56. The van der Waals surface area contributed by atoms with Crippen molar-refractivity contribution in [3.05, 3.63) is 22.9 Å².